The Bertz CT molecular complexity index is 248. The molecule has 0 aromatic rings. The quantitative estimate of drug-likeness (QED) is 0.834. The van der Waals surface area contributed by atoms with Crippen LogP contribution in [-0.4, -0.2) is 55.1 Å². The Morgan fingerprint density at radius 1 is 1.06 bits per heavy atom. The van der Waals surface area contributed by atoms with Gasteiger partial charge in [0.1, 0.15) is 0 Å². The summed E-state index contributed by atoms with van der Waals surface area (Å²) >= 11 is 0. The van der Waals surface area contributed by atoms with Crippen LogP contribution in [0, 0.1) is 5.41 Å². The zero-order chi connectivity index (χ0) is 13.2. The standard InChI is InChI=1S/C15H31N3/c1-13-9-18(10-14(2)17(13)3)12-15(11-16)7-5-4-6-8-15/h13-14H,4-12,16H2,1-3H3. The molecule has 2 rings (SSSR count). The Hall–Kier alpha value is -0.120. The zero-order valence-corrected chi connectivity index (χ0v) is 12.5. The van der Waals surface area contributed by atoms with Crippen molar-refractivity contribution in [2.45, 2.75) is 58.0 Å². The lowest BCUT2D eigenvalue weighted by Gasteiger charge is -2.47. The Labute approximate surface area is 113 Å². The molecular weight excluding hydrogens is 222 g/mol. The van der Waals surface area contributed by atoms with E-state index >= 15 is 0 Å². The van der Waals surface area contributed by atoms with Gasteiger partial charge in [0.2, 0.25) is 0 Å². The number of hydrogen-bond donors (Lipinski definition) is 1. The van der Waals surface area contributed by atoms with Crippen LogP contribution in [0.25, 0.3) is 0 Å². The second-order valence-electron chi connectivity index (χ2n) is 6.82. The Morgan fingerprint density at radius 2 is 1.61 bits per heavy atom. The molecule has 2 aliphatic rings. The van der Waals surface area contributed by atoms with Crippen molar-refractivity contribution in [3.05, 3.63) is 0 Å². The second kappa shape index (κ2) is 5.89. The minimum atomic E-state index is 0.424. The lowest BCUT2D eigenvalue weighted by molar-refractivity contribution is 0.0224. The smallest absolute Gasteiger partial charge is 0.0195 e. The van der Waals surface area contributed by atoms with E-state index in [2.05, 4.69) is 30.7 Å². The van der Waals surface area contributed by atoms with Crippen LogP contribution in [0.1, 0.15) is 46.0 Å². The van der Waals surface area contributed by atoms with Gasteiger partial charge < -0.3 is 5.73 Å². The molecule has 2 unspecified atom stereocenters. The fourth-order valence-electron chi connectivity index (χ4n) is 3.85. The van der Waals surface area contributed by atoms with E-state index in [9.17, 15) is 0 Å². The maximum Gasteiger partial charge on any atom is 0.0195 e. The minimum Gasteiger partial charge on any atom is -0.330 e. The van der Waals surface area contributed by atoms with Gasteiger partial charge in [0, 0.05) is 31.7 Å². The lowest BCUT2D eigenvalue weighted by Crippen LogP contribution is -2.57. The first-order chi connectivity index (χ1) is 8.56. The highest BCUT2D eigenvalue weighted by Crippen LogP contribution is 2.36. The molecule has 0 spiro atoms. The summed E-state index contributed by atoms with van der Waals surface area (Å²) in [6, 6.07) is 1.35. The number of piperazine rings is 1. The fourth-order valence-corrected chi connectivity index (χ4v) is 3.85. The molecule has 0 aromatic heterocycles. The van der Waals surface area contributed by atoms with Crippen LogP contribution in [0.15, 0.2) is 0 Å². The normalized spacial score (nSPS) is 34.7. The number of likely N-dealkylation sites (N-methyl/N-ethyl adjacent to an activating group) is 1. The molecule has 1 heterocycles. The van der Waals surface area contributed by atoms with Gasteiger partial charge in [0.15, 0.2) is 0 Å². The molecule has 2 fully saturated rings. The van der Waals surface area contributed by atoms with E-state index in [1.165, 1.54) is 51.7 Å². The first-order valence-corrected chi connectivity index (χ1v) is 7.71. The highest BCUT2D eigenvalue weighted by molar-refractivity contribution is 4.90. The van der Waals surface area contributed by atoms with Crippen molar-refractivity contribution >= 4 is 0 Å². The number of nitrogens with zero attached hydrogens (tertiary/aromatic N) is 2. The molecule has 1 aliphatic carbocycles. The van der Waals surface area contributed by atoms with Crippen LogP contribution in [0.2, 0.25) is 0 Å². The molecular formula is C15H31N3. The maximum atomic E-state index is 6.11. The monoisotopic (exact) mass is 253 g/mol. The molecule has 0 radical (unpaired) electrons. The van der Waals surface area contributed by atoms with Crippen molar-refractivity contribution in [3.8, 4) is 0 Å². The SMILES string of the molecule is CC1CN(CC2(CN)CCCCC2)CC(C)N1C. The zero-order valence-electron chi connectivity index (χ0n) is 12.5. The van der Waals surface area contributed by atoms with Gasteiger partial charge in [-0.2, -0.15) is 0 Å². The summed E-state index contributed by atoms with van der Waals surface area (Å²) in [7, 11) is 2.26. The van der Waals surface area contributed by atoms with Crippen molar-refractivity contribution < 1.29 is 0 Å². The summed E-state index contributed by atoms with van der Waals surface area (Å²) in [6.07, 6.45) is 6.88. The van der Waals surface area contributed by atoms with Crippen molar-refractivity contribution in [1.29, 1.82) is 0 Å². The summed E-state index contributed by atoms with van der Waals surface area (Å²) < 4.78 is 0. The second-order valence-corrected chi connectivity index (χ2v) is 6.82. The highest BCUT2D eigenvalue weighted by atomic mass is 15.3. The van der Waals surface area contributed by atoms with Gasteiger partial charge >= 0.3 is 0 Å². The number of hydrogen-bond acceptors (Lipinski definition) is 3. The summed E-state index contributed by atoms with van der Waals surface area (Å²) in [6.45, 7) is 9.22. The average Bonchev–Trinajstić information content (AvgIpc) is 2.37. The van der Waals surface area contributed by atoms with Crippen LogP contribution < -0.4 is 5.73 Å². The van der Waals surface area contributed by atoms with Crippen molar-refractivity contribution in [2.75, 3.05) is 33.2 Å². The first kappa shape index (κ1) is 14.3. The van der Waals surface area contributed by atoms with E-state index < -0.39 is 0 Å². The molecule has 2 atom stereocenters. The summed E-state index contributed by atoms with van der Waals surface area (Å²) in [4.78, 5) is 5.18. The molecule has 3 nitrogen and oxygen atoms in total. The maximum absolute atomic E-state index is 6.11. The molecule has 1 saturated heterocycles. The molecule has 2 N–H and O–H groups in total. The fraction of sp³-hybridized carbons (Fsp3) is 1.00. The molecule has 0 amide bonds. The van der Waals surface area contributed by atoms with Crippen LogP contribution in [-0.2, 0) is 0 Å². The van der Waals surface area contributed by atoms with Gasteiger partial charge in [0.05, 0.1) is 0 Å². The Morgan fingerprint density at radius 3 is 2.11 bits per heavy atom. The first-order valence-electron chi connectivity index (χ1n) is 7.71. The van der Waals surface area contributed by atoms with Crippen LogP contribution in [0.5, 0.6) is 0 Å². The van der Waals surface area contributed by atoms with Crippen molar-refractivity contribution in [1.82, 2.24) is 9.80 Å². The molecule has 106 valence electrons. The van der Waals surface area contributed by atoms with E-state index in [-0.39, 0.29) is 0 Å². The molecule has 18 heavy (non-hydrogen) atoms. The van der Waals surface area contributed by atoms with Gasteiger partial charge in [-0.1, -0.05) is 19.3 Å². The van der Waals surface area contributed by atoms with Gasteiger partial charge in [-0.15, -0.1) is 0 Å². The summed E-state index contributed by atoms with van der Waals surface area (Å²) in [5, 5.41) is 0. The Balaban J connectivity index is 1.95. The van der Waals surface area contributed by atoms with Gasteiger partial charge in [-0.3, -0.25) is 9.80 Å². The third-order valence-electron chi connectivity index (χ3n) is 5.34. The van der Waals surface area contributed by atoms with Crippen LogP contribution >= 0.6 is 0 Å². The molecule has 1 saturated carbocycles. The lowest BCUT2D eigenvalue weighted by atomic mass is 9.73. The molecule has 3 heteroatoms. The summed E-state index contributed by atoms with van der Waals surface area (Å²) in [5.41, 5.74) is 6.54. The van der Waals surface area contributed by atoms with Crippen molar-refractivity contribution in [3.63, 3.8) is 0 Å². The number of rotatable bonds is 3. The van der Waals surface area contributed by atoms with Crippen molar-refractivity contribution in [2.24, 2.45) is 11.1 Å². The molecule has 1 aliphatic heterocycles. The predicted octanol–water partition coefficient (Wildman–Crippen LogP) is 1.92. The molecule has 0 bridgehead atoms. The van der Waals surface area contributed by atoms with Crippen LogP contribution in [0.3, 0.4) is 0 Å². The third kappa shape index (κ3) is 3.06. The van der Waals surface area contributed by atoms with Crippen LogP contribution in [0.4, 0.5) is 0 Å². The molecule has 0 aromatic carbocycles. The third-order valence-corrected chi connectivity index (χ3v) is 5.34. The van der Waals surface area contributed by atoms with Gasteiger partial charge in [0.25, 0.3) is 0 Å². The largest absolute Gasteiger partial charge is 0.330 e. The number of nitrogens with two attached hydrogens (primary N) is 1. The van der Waals surface area contributed by atoms with E-state index in [1.807, 2.05) is 0 Å². The minimum absolute atomic E-state index is 0.424. The average molecular weight is 253 g/mol. The summed E-state index contributed by atoms with van der Waals surface area (Å²) in [5.74, 6) is 0. The Kier molecular flexibility index (Phi) is 4.68. The topological polar surface area (TPSA) is 32.5 Å². The van der Waals surface area contributed by atoms with Gasteiger partial charge in [-0.25, -0.2) is 0 Å². The van der Waals surface area contributed by atoms with E-state index in [1.54, 1.807) is 0 Å². The predicted molar refractivity (Wildman–Crippen MR) is 77.7 cm³/mol. The van der Waals surface area contributed by atoms with E-state index in [4.69, 9.17) is 5.73 Å². The van der Waals surface area contributed by atoms with E-state index in [0.717, 1.165) is 6.54 Å². The van der Waals surface area contributed by atoms with Gasteiger partial charge in [-0.05, 0) is 45.7 Å². The van der Waals surface area contributed by atoms with E-state index in [0.29, 0.717) is 17.5 Å². The highest BCUT2D eigenvalue weighted by Gasteiger charge is 2.35.